The summed E-state index contributed by atoms with van der Waals surface area (Å²) in [6.45, 7) is 7.37. The SMILES string of the molecule is COc1cccc(N2CCN(CC3CC3)CC2)c1[C@H](C)O. The van der Waals surface area contributed by atoms with Crippen molar-refractivity contribution in [3.05, 3.63) is 23.8 Å². The average molecular weight is 290 g/mol. The average Bonchev–Trinajstić information content (AvgIpc) is 3.31. The third-order valence-corrected chi connectivity index (χ3v) is 4.61. The van der Waals surface area contributed by atoms with Crippen LogP contribution >= 0.6 is 0 Å². The standard InChI is InChI=1S/C17H26N2O2/c1-13(20)17-15(4-3-5-16(17)21-2)19-10-8-18(9-11-19)12-14-6-7-14/h3-5,13-14,20H,6-12H2,1-2H3/t13-/m0/s1. The van der Waals surface area contributed by atoms with E-state index in [1.165, 1.54) is 19.4 Å². The van der Waals surface area contributed by atoms with E-state index in [9.17, 15) is 5.11 Å². The van der Waals surface area contributed by atoms with E-state index in [-0.39, 0.29) is 0 Å². The Morgan fingerprint density at radius 1 is 1.24 bits per heavy atom. The Bertz CT molecular complexity index is 478. The Labute approximate surface area is 127 Å². The molecule has 1 aliphatic heterocycles. The number of rotatable bonds is 5. The second kappa shape index (κ2) is 6.24. The van der Waals surface area contributed by atoms with Crippen LogP contribution in [0.3, 0.4) is 0 Å². The lowest BCUT2D eigenvalue weighted by Crippen LogP contribution is -2.47. The van der Waals surface area contributed by atoms with Crippen LogP contribution in [0.1, 0.15) is 31.4 Å². The first-order chi connectivity index (χ1) is 10.2. The molecule has 1 N–H and O–H groups in total. The second-order valence-electron chi connectivity index (χ2n) is 6.30. The van der Waals surface area contributed by atoms with Crippen molar-refractivity contribution in [2.24, 2.45) is 5.92 Å². The summed E-state index contributed by atoms with van der Waals surface area (Å²) in [5.74, 6) is 1.74. The Balaban J connectivity index is 1.72. The smallest absolute Gasteiger partial charge is 0.126 e. The minimum atomic E-state index is -0.513. The van der Waals surface area contributed by atoms with Gasteiger partial charge in [-0.05, 0) is 37.8 Å². The normalized spacial score (nSPS) is 21.4. The zero-order chi connectivity index (χ0) is 14.8. The number of ether oxygens (including phenoxy) is 1. The van der Waals surface area contributed by atoms with Crippen molar-refractivity contribution in [3.8, 4) is 5.75 Å². The number of piperazine rings is 1. The van der Waals surface area contributed by atoms with E-state index in [1.54, 1.807) is 7.11 Å². The maximum Gasteiger partial charge on any atom is 0.126 e. The monoisotopic (exact) mass is 290 g/mol. The molecule has 0 radical (unpaired) electrons. The number of aliphatic hydroxyl groups excluding tert-OH is 1. The number of aliphatic hydroxyl groups is 1. The third-order valence-electron chi connectivity index (χ3n) is 4.61. The van der Waals surface area contributed by atoms with Gasteiger partial charge < -0.3 is 14.7 Å². The fraction of sp³-hybridized carbons (Fsp3) is 0.647. The predicted octanol–water partition coefficient (Wildman–Crippen LogP) is 2.28. The number of hydrogen-bond acceptors (Lipinski definition) is 4. The van der Waals surface area contributed by atoms with Crippen molar-refractivity contribution in [2.75, 3.05) is 44.7 Å². The molecule has 1 atom stereocenters. The van der Waals surface area contributed by atoms with E-state index < -0.39 is 6.10 Å². The summed E-state index contributed by atoms with van der Waals surface area (Å²) in [5.41, 5.74) is 2.03. The van der Waals surface area contributed by atoms with Crippen molar-refractivity contribution in [3.63, 3.8) is 0 Å². The van der Waals surface area contributed by atoms with Crippen molar-refractivity contribution in [2.45, 2.75) is 25.9 Å². The minimum Gasteiger partial charge on any atom is -0.496 e. The van der Waals surface area contributed by atoms with Gasteiger partial charge in [0.2, 0.25) is 0 Å². The summed E-state index contributed by atoms with van der Waals surface area (Å²) in [5, 5.41) is 10.1. The highest BCUT2D eigenvalue weighted by Crippen LogP contribution is 2.35. The van der Waals surface area contributed by atoms with Gasteiger partial charge in [-0.25, -0.2) is 0 Å². The lowest BCUT2D eigenvalue weighted by molar-refractivity contribution is 0.194. The molecule has 0 amide bonds. The molecule has 0 aromatic heterocycles. The molecule has 4 nitrogen and oxygen atoms in total. The Morgan fingerprint density at radius 2 is 1.95 bits per heavy atom. The summed E-state index contributed by atoms with van der Waals surface area (Å²) >= 11 is 0. The first kappa shape index (κ1) is 14.7. The molecule has 1 saturated carbocycles. The Kier molecular flexibility index (Phi) is 4.36. The fourth-order valence-corrected chi connectivity index (χ4v) is 3.24. The fourth-order valence-electron chi connectivity index (χ4n) is 3.24. The molecule has 21 heavy (non-hydrogen) atoms. The molecule has 1 heterocycles. The highest BCUT2D eigenvalue weighted by molar-refractivity contribution is 5.60. The first-order valence-corrected chi connectivity index (χ1v) is 8.01. The molecule has 4 heteroatoms. The number of nitrogens with zero attached hydrogens (tertiary/aromatic N) is 2. The number of anilines is 1. The molecule has 1 aromatic carbocycles. The van der Waals surface area contributed by atoms with Gasteiger partial charge in [-0.15, -0.1) is 0 Å². The highest BCUT2D eigenvalue weighted by atomic mass is 16.5. The van der Waals surface area contributed by atoms with E-state index in [0.29, 0.717) is 0 Å². The summed E-state index contributed by atoms with van der Waals surface area (Å²) in [6, 6.07) is 6.03. The molecule has 1 aliphatic carbocycles. The third kappa shape index (κ3) is 3.33. The van der Waals surface area contributed by atoms with Gasteiger partial charge >= 0.3 is 0 Å². The molecular weight excluding hydrogens is 264 g/mol. The zero-order valence-corrected chi connectivity index (χ0v) is 13.1. The molecule has 0 unspecified atom stereocenters. The van der Waals surface area contributed by atoms with E-state index in [0.717, 1.165) is 49.1 Å². The highest BCUT2D eigenvalue weighted by Gasteiger charge is 2.27. The van der Waals surface area contributed by atoms with Gasteiger partial charge in [0, 0.05) is 44.0 Å². The lowest BCUT2D eigenvalue weighted by Gasteiger charge is -2.37. The topological polar surface area (TPSA) is 35.9 Å². The Hall–Kier alpha value is -1.26. The van der Waals surface area contributed by atoms with Gasteiger partial charge in [-0.1, -0.05) is 6.07 Å². The minimum absolute atomic E-state index is 0.513. The summed E-state index contributed by atoms with van der Waals surface area (Å²) in [4.78, 5) is 4.96. The van der Waals surface area contributed by atoms with Crippen molar-refractivity contribution >= 4 is 5.69 Å². The van der Waals surface area contributed by atoms with Crippen LogP contribution in [0.2, 0.25) is 0 Å². The maximum absolute atomic E-state index is 10.1. The van der Waals surface area contributed by atoms with Crippen LogP contribution in [-0.2, 0) is 0 Å². The van der Waals surface area contributed by atoms with Gasteiger partial charge in [0.15, 0.2) is 0 Å². The molecule has 1 aromatic rings. The molecule has 0 spiro atoms. The van der Waals surface area contributed by atoms with Crippen molar-refractivity contribution in [1.29, 1.82) is 0 Å². The molecule has 1 saturated heterocycles. The maximum atomic E-state index is 10.1. The molecule has 2 aliphatic rings. The first-order valence-electron chi connectivity index (χ1n) is 8.01. The zero-order valence-electron chi connectivity index (χ0n) is 13.1. The molecule has 2 fully saturated rings. The van der Waals surface area contributed by atoms with Crippen LogP contribution in [0.15, 0.2) is 18.2 Å². The number of hydrogen-bond donors (Lipinski definition) is 1. The summed E-state index contributed by atoms with van der Waals surface area (Å²) in [6.07, 6.45) is 2.32. The van der Waals surface area contributed by atoms with Gasteiger partial charge in [0.25, 0.3) is 0 Å². The predicted molar refractivity (Wildman–Crippen MR) is 85.0 cm³/mol. The van der Waals surface area contributed by atoms with Crippen LogP contribution in [0.4, 0.5) is 5.69 Å². The summed E-state index contributed by atoms with van der Waals surface area (Å²) < 4.78 is 5.42. The van der Waals surface area contributed by atoms with Crippen molar-refractivity contribution in [1.82, 2.24) is 4.90 Å². The van der Waals surface area contributed by atoms with Gasteiger partial charge in [0.05, 0.1) is 13.2 Å². The van der Waals surface area contributed by atoms with Gasteiger partial charge in [-0.2, -0.15) is 0 Å². The lowest BCUT2D eigenvalue weighted by atomic mass is 10.0. The van der Waals surface area contributed by atoms with E-state index in [4.69, 9.17) is 4.74 Å². The van der Waals surface area contributed by atoms with Gasteiger partial charge in [0.1, 0.15) is 5.75 Å². The van der Waals surface area contributed by atoms with E-state index in [2.05, 4.69) is 15.9 Å². The summed E-state index contributed by atoms with van der Waals surface area (Å²) in [7, 11) is 1.67. The van der Waals surface area contributed by atoms with Crippen LogP contribution in [0.25, 0.3) is 0 Å². The molecule has 116 valence electrons. The Morgan fingerprint density at radius 3 is 2.52 bits per heavy atom. The van der Waals surface area contributed by atoms with Crippen LogP contribution in [0, 0.1) is 5.92 Å². The number of benzene rings is 1. The van der Waals surface area contributed by atoms with Crippen LogP contribution in [0.5, 0.6) is 5.75 Å². The van der Waals surface area contributed by atoms with Crippen LogP contribution in [-0.4, -0.2) is 49.8 Å². The molecule has 0 bridgehead atoms. The van der Waals surface area contributed by atoms with Gasteiger partial charge in [-0.3, -0.25) is 4.90 Å². The largest absolute Gasteiger partial charge is 0.496 e. The van der Waals surface area contributed by atoms with E-state index in [1.807, 2.05) is 19.1 Å². The molecular formula is C17H26N2O2. The number of methoxy groups -OCH3 is 1. The quantitative estimate of drug-likeness (QED) is 0.902. The van der Waals surface area contributed by atoms with E-state index >= 15 is 0 Å². The second-order valence-corrected chi connectivity index (χ2v) is 6.30. The van der Waals surface area contributed by atoms with Crippen LogP contribution < -0.4 is 9.64 Å². The van der Waals surface area contributed by atoms with Crippen molar-refractivity contribution < 1.29 is 9.84 Å². The molecule has 3 rings (SSSR count).